The zero-order valence-electron chi connectivity index (χ0n) is 7.59. The predicted octanol–water partition coefficient (Wildman–Crippen LogP) is 2.09. The quantitative estimate of drug-likeness (QED) is 0.835. The smallest absolute Gasteiger partial charge is 0.422 e. The molecule has 5 nitrogen and oxygen atoms in total. The Bertz CT molecular complexity index is 347. The molecule has 0 aliphatic carbocycles. The number of aryl methyl sites for hydroxylation is 1. The number of rotatable bonds is 2. The lowest BCUT2D eigenvalue weighted by Gasteiger charge is -2.07. The van der Waals surface area contributed by atoms with Crippen LogP contribution in [-0.4, -0.2) is 24.0 Å². The molecule has 84 valence electrons. The second-order valence-electron chi connectivity index (χ2n) is 2.66. The van der Waals surface area contributed by atoms with Crippen molar-refractivity contribution in [3.05, 3.63) is 11.8 Å². The summed E-state index contributed by atoms with van der Waals surface area (Å²) < 4.78 is 43.2. The van der Waals surface area contributed by atoms with Crippen LogP contribution >= 0.6 is 0 Å². The highest BCUT2D eigenvalue weighted by atomic mass is 19.4. The number of nitrogens with one attached hydrogen (secondary N) is 1. The maximum Gasteiger partial charge on any atom is 0.422 e. The highest BCUT2D eigenvalue weighted by molar-refractivity contribution is 5.83. The van der Waals surface area contributed by atoms with Crippen LogP contribution in [0, 0.1) is 6.92 Å². The average Bonchev–Trinajstić information content (AvgIpc) is 2.47. The normalized spacial score (nSPS) is 11.2. The second kappa shape index (κ2) is 4.20. The molecule has 0 unspecified atom stereocenters. The van der Waals surface area contributed by atoms with Gasteiger partial charge in [-0.05, 0) is 6.92 Å². The van der Waals surface area contributed by atoms with Crippen molar-refractivity contribution in [2.45, 2.75) is 13.1 Å². The van der Waals surface area contributed by atoms with Gasteiger partial charge in [-0.3, -0.25) is 5.32 Å². The largest absolute Gasteiger partial charge is 0.440 e. The van der Waals surface area contributed by atoms with E-state index in [2.05, 4.69) is 14.4 Å². The molecule has 15 heavy (non-hydrogen) atoms. The number of ether oxygens (including phenoxy) is 1. The first-order valence-electron chi connectivity index (χ1n) is 3.80. The van der Waals surface area contributed by atoms with Crippen LogP contribution in [0.2, 0.25) is 0 Å². The van der Waals surface area contributed by atoms with Crippen LogP contribution in [0.25, 0.3) is 0 Å². The van der Waals surface area contributed by atoms with Crippen LogP contribution < -0.4 is 5.32 Å². The fourth-order valence-corrected chi connectivity index (χ4v) is 0.687. The third-order valence-electron chi connectivity index (χ3n) is 1.33. The van der Waals surface area contributed by atoms with E-state index in [1.165, 1.54) is 6.26 Å². The van der Waals surface area contributed by atoms with Crippen molar-refractivity contribution in [2.75, 3.05) is 11.9 Å². The third kappa shape index (κ3) is 3.88. The summed E-state index contributed by atoms with van der Waals surface area (Å²) in [5, 5.41) is 5.33. The number of anilines is 1. The van der Waals surface area contributed by atoms with Crippen LogP contribution in [0.15, 0.2) is 10.8 Å². The van der Waals surface area contributed by atoms with Crippen LogP contribution in [-0.2, 0) is 4.74 Å². The van der Waals surface area contributed by atoms with E-state index in [0.29, 0.717) is 5.56 Å². The topological polar surface area (TPSA) is 64.4 Å². The van der Waals surface area contributed by atoms with Gasteiger partial charge in [0, 0.05) is 5.56 Å². The average molecular weight is 224 g/mol. The Morgan fingerprint density at radius 2 is 2.33 bits per heavy atom. The summed E-state index contributed by atoms with van der Waals surface area (Å²) in [7, 11) is 0. The van der Waals surface area contributed by atoms with Gasteiger partial charge in [0.1, 0.15) is 6.26 Å². The van der Waals surface area contributed by atoms with E-state index in [4.69, 9.17) is 0 Å². The maximum atomic E-state index is 11.6. The molecule has 0 saturated heterocycles. The minimum Gasteiger partial charge on any atom is -0.440 e. The first-order valence-corrected chi connectivity index (χ1v) is 3.80. The summed E-state index contributed by atoms with van der Waals surface area (Å²) in [6.45, 7) is -0.0778. The Hall–Kier alpha value is -1.73. The van der Waals surface area contributed by atoms with Gasteiger partial charge in [0.2, 0.25) is 0 Å². The molecule has 0 radical (unpaired) electrons. The predicted molar refractivity (Wildman–Crippen MR) is 42.3 cm³/mol. The fourth-order valence-electron chi connectivity index (χ4n) is 0.687. The summed E-state index contributed by atoms with van der Waals surface area (Å²) in [5.41, 5.74) is 0.485. The monoisotopic (exact) mass is 224 g/mol. The maximum absolute atomic E-state index is 11.6. The van der Waals surface area contributed by atoms with Gasteiger partial charge >= 0.3 is 12.3 Å². The van der Waals surface area contributed by atoms with E-state index in [1.807, 2.05) is 5.32 Å². The lowest BCUT2D eigenvalue weighted by molar-refractivity contribution is -0.159. The zero-order valence-corrected chi connectivity index (χ0v) is 7.59. The molecule has 1 N–H and O–H groups in total. The Labute approximate surface area is 82.2 Å². The number of hydrogen-bond donors (Lipinski definition) is 1. The lowest BCUT2D eigenvalue weighted by Crippen LogP contribution is -2.23. The number of halogens is 3. The summed E-state index contributed by atoms with van der Waals surface area (Å²) >= 11 is 0. The molecule has 0 atom stereocenters. The van der Waals surface area contributed by atoms with Crippen molar-refractivity contribution in [1.82, 2.24) is 5.16 Å². The SMILES string of the molecule is Cc1conc1NC(=O)OCC(F)(F)F. The number of carbonyl (C=O) groups excluding carboxylic acids is 1. The first kappa shape index (κ1) is 11.3. The minimum atomic E-state index is -4.55. The Kier molecular flexibility index (Phi) is 3.17. The van der Waals surface area contributed by atoms with Gasteiger partial charge in [0.05, 0.1) is 0 Å². The van der Waals surface area contributed by atoms with Crippen molar-refractivity contribution >= 4 is 11.9 Å². The van der Waals surface area contributed by atoms with E-state index >= 15 is 0 Å². The van der Waals surface area contributed by atoms with Gasteiger partial charge in [0.15, 0.2) is 12.4 Å². The molecule has 1 heterocycles. The fraction of sp³-hybridized carbons (Fsp3) is 0.429. The number of hydrogen-bond acceptors (Lipinski definition) is 4. The van der Waals surface area contributed by atoms with Crippen molar-refractivity contribution in [3.63, 3.8) is 0 Å². The molecule has 0 bridgehead atoms. The Morgan fingerprint density at radius 3 is 2.80 bits per heavy atom. The molecular formula is C7H7F3N2O3. The van der Waals surface area contributed by atoms with E-state index < -0.39 is 18.9 Å². The van der Waals surface area contributed by atoms with Gasteiger partial charge < -0.3 is 9.26 Å². The van der Waals surface area contributed by atoms with E-state index in [-0.39, 0.29) is 5.82 Å². The van der Waals surface area contributed by atoms with Crippen molar-refractivity contribution in [2.24, 2.45) is 0 Å². The number of aromatic nitrogens is 1. The van der Waals surface area contributed by atoms with E-state index in [1.54, 1.807) is 6.92 Å². The number of nitrogens with zero attached hydrogens (tertiary/aromatic N) is 1. The summed E-state index contributed by atoms with van der Waals surface area (Å²) in [6.07, 6.45) is -4.54. The molecule has 1 aromatic rings. The van der Waals surface area contributed by atoms with Crippen LogP contribution in [0.3, 0.4) is 0 Å². The molecular weight excluding hydrogens is 217 g/mol. The van der Waals surface area contributed by atoms with Crippen molar-refractivity contribution in [1.29, 1.82) is 0 Å². The van der Waals surface area contributed by atoms with Gasteiger partial charge in [0.25, 0.3) is 0 Å². The second-order valence-corrected chi connectivity index (χ2v) is 2.66. The first-order chi connectivity index (χ1) is 6.88. The standard InChI is InChI=1S/C7H7F3N2O3/c1-4-2-15-12-5(4)11-6(13)14-3-7(8,9)10/h2H,3H2,1H3,(H,11,12,13). The van der Waals surface area contributed by atoms with Gasteiger partial charge in [-0.1, -0.05) is 5.16 Å². The number of carbonyl (C=O) groups is 1. The third-order valence-corrected chi connectivity index (χ3v) is 1.33. The van der Waals surface area contributed by atoms with E-state index in [9.17, 15) is 18.0 Å². The van der Waals surface area contributed by atoms with Crippen LogP contribution in [0.4, 0.5) is 23.8 Å². The molecule has 0 spiro atoms. The van der Waals surface area contributed by atoms with Gasteiger partial charge in [-0.15, -0.1) is 0 Å². The molecule has 0 fully saturated rings. The number of amides is 1. The summed E-state index contributed by atoms with van der Waals surface area (Å²) in [5.74, 6) is 0.0298. The Morgan fingerprint density at radius 1 is 1.67 bits per heavy atom. The Balaban J connectivity index is 2.41. The van der Waals surface area contributed by atoms with Crippen LogP contribution in [0.1, 0.15) is 5.56 Å². The molecule has 1 rings (SSSR count). The molecule has 1 aromatic heterocycles. The van der Waals surface area contributed by atoms with Gasteiger partial charge in [-0.2, -0.15) is 13.2 Å². The van der Waals surface area contributed by atoms with Crippen LogP contribution in [0.5, 0.6) is 0 Å². The molecule has 8 heteroatoms. The summed E-state index contributed by atoms with van der Waals surface area (Å²) in [6, 6.07) is 0. The highest BCUT2D eigenvalue weighted by Crippen LogP contribution is 2.15. The van der Waals surface area contributed by atoms with Gasteiger partial charge in [-0.25, -0.2) is 4.79 Å². The zero-order chi connectivity index (χ0) is 11.5. The molecule has 0 saturated carbocycles. The minimum absolute atomic E-state index is 0.0298. The van der Waals surface area contributed by atoms with E-state index in [0.717, 1.165) is 0 Å². The molecule has 1 amide bonds. The number of alkyl halides is 3. The lowest BCUT2D eigenvalue weighted by atomic mass is 10.4. The van der Waals surface area contributed by atoms with Crippen molar-refractivity contribution in [3.8, 4) is 0 Å². The summed E-state index contributed by atoms with van der Waals surface area (Å²) in [4.78, 5) is 10.8. The molecule has 0 aromatic carbocycles. The molecule has 0 aliphatic rings. The molecule has 0 aliphatic heterocycles. The van der Waals surface area contributed by atoms with Crippen molar-refractivity contribution < 1.29 is 27.2 Å². The highest BCUT2D eigenvalue weighted by Gasteiger charge is 2.29.